The summed E-state index contributed by atoms with van der Waals surface area (Å²) < 4.78 is 18.8. The number of aromatic amines is 1. The molecule has 0 bridgehead atoms. The average Bonchev–Trinajstić information content (AvgIpc) is 3.02. The van der Waals surface area contributed by atoms with Crippen LogP contribution in [0.1, 0.15) is 43.5 Å². The molecule has 31 heavy (non-hydrogen) atoms. The summed E-state index contributed by atoms with van der Waals surface area (Å²) in [5.41, 5.74) is -1.47. The number of ether oxygens (including phenoxy) is 3. The maximum Gasteiger partial charge on any atom is 0.330 e. The number of nitrogens with one attached hydrogen (secondary N) is 1. The van der Waals surface area contributed by atoms with E-state index in [1.807, 2.05) is 30.3 Å². The third-order valence-corrected chi connectivity index (χ3v) is 5.95. The Hall–Kier alpha value is -2.75. The first-order valence-electron chi connectivity index (χ1n) is 10.3. The highest BCUT2D eigenvalue weighted by Gasteiger charge is 2.62. The second-order valence-electron chi connectivity index (χ2n) is 8.17. The van der Waals surface area contributed by atoms with E-state index in [0.717, 1.165) is 10.1 Å². The van der Waals surface area contributed by atoms with E-state index < -0.39 is 47.4 Å². The van der Waals surface area contributed by atoms with Gasteiger partial charge in [-0.05, 0) is 31.7 Å². The number of carbonyl (C=O) groups is 1. The van der Waals surface area contributed by atoms with Crippen molar-refractivity contribution in [3.8, 4) is 0 Å². The fourth-order valence-corrected chi connectivity index (χ4v) is 4.45. The van der Waals surface area contributed by atoms with Crippen LogP contribution < -0.4 is 11.2 Å². The van der Waals surface area contributed by atoms with Crippen LogP contribution in [0.5, 0.6) is 0 Å². The molecule has 1 saturated carbocycles. The van der Waals surface area contributed by atoms with Crippen LogP contribution in [0.2, 0.25) is 0 Å². The fourth-order valence-electron chi connectivity index (χ4n) is 4.45. The van der Waals surface area contributed by atoms with Gasteiger partial charge in [0.05, 0.1) is 12.7 Å². The highest BCUT2D eigenvalue weighted by atomic mass is 16.6. The van der Waals surface area contributed by atoms with Gasteiger partial charge in [-0.15, -0.1) is 0 Å². The average molecular weight is 430 g/mol. The summed E-state index contributed by atoms with van der Waals surface area (Å²) in [6.45, 7) is 3.13. The highest BCUT2D eigenvalue weighted by molar-refractivity contribution is 5.66. The Bertz CT molecular complexity index is 1060. The minimum absolute atomic E-state index is 0.295. The Morgan fingerprint density at radius 1 is 1.32 bits per heavy atom. The second kappa shape index (κ2) is 8.41. The van der Waals surface area contributed by atoms with Gasteiger partial charge in [-0.2, -0.15) is 0 Å². The molecule has 0 spiro atoms. The first kappa shape index (κ1) is 21.5. The van der Waals surface area contributed by atoms with Crippen molar-refractivity contribution in [2.24, 2.45) is 0 Å². The SMILES string of the molecule is CC(=O)OC1C(n2cc(C)c(=O)[nH]c2=O)OC2C(OCc3ccccc3)CCCC21O. The molecule has 1 saturated heterocycles. The van der Waals surface area contributed by atoms with Gasteiger partial charge < -0.3 is 19.3 Å². The summed E-state index contributed by atoms with van der Waals surface area (Å²) in [6.07, 6.45) is -0.514. The molecule has 166 valence electrons. The summed E-state index contributed by atoms with van der Waals surface area (Å²) in [7, 11) is 0. The van der Waals surface area contributed by atoms with Gasteiger partial charge >= 0.3 is 11.7 Å². The number of aliphatic hydroxyl groups is 1. The van der Waals surface area contributed by atoms with Crippen LogP contribution in [0.3, 0.4) is 0 Å². The fraction of sp³-hybridized carbons (Fsp3) is 0.500. The lowest BCUT2D eigenvalue weighted by atomic mass is 9.78. The minimum atomic E-state index is -1.53. The molecular weight excluding hydrogens is 404 g/mol. The molecule has 1 aromatic heterocycles. The van der Waals surface area contributed by atoms with Crippen LogP contribution in [0.25, 0.3) is 0 Å². The number of H-pyrrole nitrogens is 1. The molecule has 4 rings (SSSR count). The maximum atomic E-state index is 12.5. The number of esters is 1. The van der Waals surface area contributed by atoms with E-state index in [9.17, 15) is 19.5 Å². The van der Waals surface area contributed by atoms with Crippen LogP contribution in [-0.2, 0) is 25.6 Å². The van der Waals surface area contributed by atoms with E-state index >= 15 is 0 Å². The molecule has 0 radical (unpaired) electrons. The molecular formula is C22H26N2O7. The van der Waals surface area contributed by atoms with Crippen LogP contribution in [0.4, 0.5) is 0 Å². The van der Waals surface area contributed by atoms with E-state index in [4.69, 9.17) is 14.2 Å². The van der Waals surface area contributed by atoms with E-state index in [1.54, 1.807) is 6.92 Å². The zero-order valence-corrected chi connectivity index (χ0v) is 17.4. The van der Waals surface area contributed by atoms with Gasteiger partial charge in [-0.1, -0.05) is 30.3 Å². The largest absolute Gasteiger partial charge is 0.455 e. The van der Waals surface area contributed by atoms with Crippen molar-refractivity contribution in [3.05, 3.63) is 68.5 Å². The number of hydrogen-bond donors (Lipinski definition) is 2. The van der Waals surface area contributed by atoms with Crippen molar-refractivity contribution >= 4 is 5.97 Å². The van der Waals surface area contributed by atoms with Crippen LogP contribution in [0, 0.1) is 6.92 Å². The van der Waals surface area contributed by atoms with Crippen molar-refractivity contribution in [1.82, 2.24) is 9.55 Å². The standard InChI is InChI=1S/C22H26N2O7/c1-13-11-24(21(27)23-19(13)26)20-18(30-14(2)25)22(28)10-6-9-16(17(22)31-20)29-12-15-7-4-3-5-8-15/h3-5,7-8,11,16-18,20,28H,6,9-10,12H2,1-2H3,(H,23,26,27). The lowest BCUT2D eigenvalue weighted by molar-refractivity contribution is -0.177. The summed E-state index contributed by atoms with van der Waals surface area (Å²) in [6, 6.07) is 9.63. The lowest BCUT2D eigenvalue weighted by Gasteiger charge is -2.40. The smallest absolute Gasteiger partial charge is 0.330 e. The number of benzene rings is 1. The van der Waals surface area contributed by atoms with Crippen LogP contribution in [0.15, 0.2) is 46.1 Å². The zero-order chi connectivity index (χ0) is 22.2. The number of nitrogens with zero attached hydrogens (tertiary/aromatic N) is 1. The molecule has 9 nitrogen and oxygen atoms in total. The zero-order valence-electron chi connectivity index (χ0n) is 17.4. The predicted octanol–water partition coefficient (Wildman–Crippen LogP) is 1.17. The van der Waals surface area contributed by atoms with Gasteiger partial charge in [-0.25, -0.2) is 4.79 Å². The Balaban J connectivity index is 1.66. The van der Waals surface area contributed by atoms with Crippen molar-refractivity contribution in [2.75, 3.05) is 0 Å². The molecule has 5 unspecified atom stereocenters. The summed E-state index contributed by atoms with van der Waals surface area (Å²) >= 11 is 0. The van der Waals surface area contributed by atoms with Gasteiger partial charge in [0.2, 0.25) is 0 Å². The maximum absolute atomic E-state index is 12.5. The topological polar surface area (TPSA) is 120 Å². The number of carbonyl (C=O) groups excluding carboxylic acids is 1. The Morgan fingerprint density at radius 3 is 2.77 bits per heavy atom. The van der Waals surface area contributed by atoms with Gasteiger partial charge in [0.25, 0.3) is 5.56 Å². The number of hydrogen-bond acceptors (Lipinski definition) is 7. The Labute approximate surface area is 178 Å². The van der Waals surface area contributed by atoms with E-state index in [1.165, 1.54) is 13.1 Å². The molecule has 2 fully saturated rings. The van der Waals surface area contributed by atoms with Crippen LogP contribution in [-0.4, -0.2) is 44.5 Å². The third kappa shape index (κ3) is 4.08. The molecule has 0 amide bonds. The van der Waals surface area contributed by atoms with E-state index in [-0.39, 0.29) is 0 Å². The number of aromatic nitrogens is 2. The molecule has 1 aromatic carbocycles. The van der Waals surface area contributed by atoms with Crippen molar-refractivity contribution < 1.29 is 24.1 Å². The molecule has 5 atom stereocenters. The second-order valence-corrected chi connectivity index (χ2v) is 8.17. The monoisotopic (exact) mass is 430 g/mol. The Morgan fingerprint density at radius 2 is 2.06 bits per heavy atom. The molecule has 1 aliphatic heterocycles. The lowest BCUT2D eigenvalue weighted by Crippen LogP contribution is -2.56. The normalized spacial score (nSPS) is 30.0. The molecule has 1 aliphatic carbocycles. The van der Waals surface area contributed by atoms with Crippen molar-refractivity contribution in [2.45, 2.75) is 69.9 Å². The third-order valence-electron chi connectivity index (χ3n) is 5.95. The first-order valence-corrected chi connectivity index (χ1v) is 10.3. The summed E-state index contributed by atoms with van der Waals surface area (Å²) in [4.78, 5) is 38.3. The van der Waals surface area contributed by atoms with Gasteiger partial charge in [0, 0.05) is 18.7 Å². The number of fused-ring (bicyclic) bond motifs is 1. The summed E-state index contributed by atoms with van der Waals surface area (Å²) in [5.74, 6) is -0.603. The number of rotatable bonds is 5. The van der Waals surface area contributed by atoms with Crippen molar-refractivity contribution in [3.63, 3.8) is 0 Å². The first-order chi connectivity index (χ1) is 14.8. The van der Waals surface area contributed by atoms with Gasteiger partial charge in [-0.3, -0.25) is 19.1 Å². The van der Waals surface area contributed by atoms with Gasteiger partial charge in [0.15, 0.2) is 12.3 Å². The van der Waals surface area contributed by atoms with E-state index in [0.29, 0.717) is 31.4 Å². The molecule has 2 aliphatic rings. The predicted molar refractivity (Wildman–Crippen MR) is 109 cm³/mol. The van der Waals surface area contributed by atoms with Crippen molar-refractivity contribution in [1.29, 1.82) is 0 Å². The van der Waals surface area contributed by atoms with E-state index in [2.05, 4.69) is 4.98 Å². The summed E-state index contributed by atoms with van der Waals surface area (Å²) in [5, 5.41) is 11.6. The Kier molecular flexibility index (Phi) is 5.83. The number of aryl methyl sites for hydroxylation is 1. The minimum Gasteiger partial charge on any atom is -0.455 e. The molecule has 2 N–H and O–H groups in total. The van der Waals surface area contributed by atoms with Crippen LogP contribution >= 0.6 is 0 Å². The molecule has 2 aromatic rings. The highest BCUT2D eigenvalue weighted by Crippen LogP contribution is 2.47. The molecule has 2 heterocycles. The molecule has 9 heteroatoms. The quantitative estimate of drug-likeness (QED) is 0.684. The van der Waals surface area contributed by atoms with Gasteiger partial charge in [0.1, 0.15) is 11.7 Å².